The topological polar surface area (TPSA) is 43.4 Å². The Bertz CT molecular complexity index is 723. The minimum Gasteiger partial charge on any atom is -0.462 e. The normalized spacial score (nSPS) is 45.0. The highest BCUT2D eigenvalue weighted by atomic mass is 19.1. The van der Waals surface area contributed by atoms with E-state index in [0.717, 1.165) is 37.7 Å². The lowest BCUT2D eigenvalue weighted by atomic mass is 9.47. The summed E-state index contributed by atoms with van der Waals surface area (Å²) in [6.45, 7) is 6.14. The fourth-order valence-corrected chi connectivity index (χ4v) is 6.99. The molecular weight excluding hydrogens is 343 g/mol. The Labute approximate surface area is 161 Å². The molecular formula is C23H31FO3. The van der Waals surface area contributed by atoms with E-state index >= 15 is 4.39 Å². The van der Waals surface area contributed by atoms with E-state index in [1.807, 2.05) is 12.2 Å². The second-order valence-electron chi connectivity index (χ2n) is 9.59. The van der Waals surface area contributed by atoms with Crippen molar-refractivity contribution in [1.82, 2.24) is 0 Å². The summed E-state index contributed by atoms with van der Waals surface area (Å²) in [5, 5.41) is 0. The van der Waals surface area contributed by atoms with Gasteiger partial charge in [-0.1, -0.05) is 19.4 Å². The molecule has 4 aliphatic rings. The molecule has 0 heterocycles. The van der Waals surface area contributed by atoms with E-state index in [1.54, 1.807) is 0 Å². The maximum absolute atomic E-state index is 15.0. The van der Waals surface area contributed by atoms with Gasteiger partial charge in [-0.25, -0.2) is 4.39 Å². The van der Waals surface area contributed by atoms with E-state index < -0.39 is 6.17 Å². The van der Waals surface area contributed by atoms with Crippen molar-refractivity contribution in [3.63, 3.8) is 0 Å². The Morgan fingerprint density at radius 3 is 2.74 bits per heavy atom. The summed E-state index contributed by atoms with van der Waals surface area (Å²) < 4.78 is 20.1. The fraction of sp³-hybridized carbons (Fsp3) is 0.739. The molecule has 0 saturated heterocycles. The van der Waals surface area contributed by atoms with Gasteiger partial charge >= 0.3 is 5.97 Å². The molecule has 4 aliphatic carbocycles. The Kier molecular flexibility index (Phi) is 4.59. The number of hydrogen-bond donors (Lipinski definition) is 0. The van der Waals surface area contributed by atoms with Gasteiger partial charge in [-0.15, -0.1) is 0 Å². The number of halogens is 1. The molecule has 0 radical (unpaired) electrons. The third-order valence-corrected chi connectivity index (χ3v) is 8.40. The van der Waals surface area contributed by atoms with Crippen LogP contribution in [0.4, 0.5) is 4.39 Å². The molecule has 3 saturated carbocycles. The zero-order valence-corrected chi connectivity index (χ0v) is 16.7. The predicted molar refractivity (Wildman–Crippen MR) is 102 cm³/mol. The molecule has 6 atom stereocenters. The Morgan fingerprint density at radius 2 is 2.00 bits per heavy atom. The highest BCUT2D eigenvalue weighted by molar-refractivity contribution is 5.91. The van der Waals surface area contributed by atoms with Crippen molar-refractivity contribution < 1.29 is 18.7 Å². The molecule has 0 aliphatic heterocycles. The van der Waals surface area contributed by atoms with Crippen molar-refractivity contribution in [2.24, 2.45) is 28.6 Å². The number of carbonyl (C=O) groups excluding carboxylic acids is 2. The average Bonchev–Trinajstić information content (AvgIpc) is 2.86. The van der Waals surface area contributed by atoms with Gasteiger partial charge in [0.25, 0.3) is 0 Å². The van der Waals surface area contributed by atoms with Gasteiger partial charge in [0.05, 0.1) is 0 Å². The Balaban J connectivity index is 1.61. The van der Waals surface area contributed by atoms with Crippen LogP contribution in [0.15, 0.2) is 23.3 Å². The molecule has 0 aromatic carbocycles. The van der Waals surface area contributed by atoms with Crippen LogP contribution in [0.25, 0.3) is 0 Å². The van der Waals surface area contributed by atoms with Crippen LogP contribution in [0.5, 0.6) is 0 Å². The molecule has 4 heteroatoms. The Morgan fingerprint density at radius 1 is 1.22 bits per heavy atom. The first-order valence-corrected chi connectivity index (χ1v) is 10.5. The first kappa shape index (κ1) is 18.9. The third-order valence-electron chi connectivity index (χ3n) is 8.40. The van der Waals surface area contributed by atoms with Crippen molar-refractivity contribution in [2.75, 3.05) is 6.61 Å². The van der Waals surface area contributed by atoms with Crippen LogP contribution in [0.2, 0.25) is 0 Å². The van der Waals surface area contributed by atoms with Gasteiger partial charge < -0.3 is 4.74 Å². The van der Waals surface area contributed by atoms with Crippen LogP contribution in [-0.2, 0) is 14.3 Å². The highest BCUT2D eigenvalue weighted by Crippen LogP contribution is 2.66. The van der Waals surface area contributed by atoms with Crippen LogP contribution < -0.4 is 0 Å². The Hall–Kier alpha value is -1.45. The van der Waals surface area contributed by atoms with E-state index in [-0.39, 0.29) is 29.2 Å². The minimum absolute atomic E-state index is 0.119. The number of ketones is 1. The van der Waals surface area contributed by atoms with Crippen molar-refractivity contribution >= 4 is 11.8 Å². The van der Waals surface area contributed by atoms with Gasteiger partial charge in [0.2, 0.25) is 0 Å². The second kappa shape index (κ2) is 6.56. The third kappa shape index (κ3) is 2.91. The first-order valence-electron chi connectivity index (χ1n) is 10.5. The summed E-state index contributed by atoms with van der Waals surface area (Å²) in [6.07, 6.45) is 9.18. The summed E-state index contributed by atoms with van der Waals surface area (Å²) in [5.41, 5.74) is 2.21. The summed E-state index contributed by atoms with van der Waals surface area (Å²) in [4.78, 5) is 23.0. The fourth-order valence-electron chi connectivity index (χ4n) is 6.99. The number of carbonyl (C=O) groups is 2. The van der Waals surface area contributed by atoms with Gasteiger partial charge in [-0.3, -0.25) is 9.59 Å². The van der Waals surface area contributed by atoms with Gasteiger partial charge in [0.1, 0.15) is 12.8 Å². The molecule has 0 N–H and O–H groups in total. The smallest absolute Gasteiger partial charge is 0.302 e. The van der Waals surface area contributed by atoms with Gasteiger partial charge in [0, 0.05) is 13.3 Å². The second-order valence-corrected chi connectivity index (χ2v) is 9.59. The van der Waals surface area contributed by atoms with Crippen molar-refractivity contribution in [1.29, 1.82) is 0 Å². The molecule has 0 aromatic heterocycles. The number of fused-ring (bicyclic) bond motifs is 5. The van der Waals surface area contributed by atoms with Crippen LogP contribution in [0.3, 0.4) is 0 Å². The zero-order valence-electron chi connectivity index (χ0n) is 16.7. The number of allylic oxidation sites excluding steroid dienone is 2. The SMILES string of the molecule is CC(=O)OCC=C1[C@H](F)C[C@H]2[C@@H]3CCC4=CC(=O)CC[C@]4(C)[C@H]3CC[C@]12C. The largest absolute Gasteiger partial charge is 0.462 e. The molecule has 4 rings (SSSR count). The molecule has 0 bridgehead atoms. The number of ether oxygens (including phenoxy) is 1. The molecule has 3 nitrogen and oxygen atoms in total. The van der Waals surface area contributed by atoms with Crippen LogP contribution in [0, 0.1) is 28.6 Å². The summed E-state index contributed by atoms with van der Waals surface area (Å²) in [5.74, 6) is 1.39. The van der Waals surface area contributed by atoms with E-state index in [9.17, 15) is 9.59 Å². The van der Waals surface area contributed by atoms with Crippen molar-refractivity contribution in [3.05, 3.63) is 23.3 Å². The van der Waals surface area contributed by atoms with E-state index in [4.69, 9.17) is 4.74 Å². The van der Waals surface area contributed by atoms with Crippen LogP contribution in [-0.4, -0.2) is 24.5 Å². The molecule has 0 unspecified atom stereocenters. The number of rotatable bonds is 2. The van der Waals surface area contributed by atoms with Gasteiger partial charge in [0.15, 0.2) is 5.78 Å². The van der Waals surface area contributed by atoms with Gasteiger partial charge in [-0.2, -0.15) is 0 Å². The maximum atomic E-state index is 15.0. The zero-order chi connectivity index (χ0) is 19.4. The highest BCUT2D eigenvalue weighted by Gasteiger charge is 2.59. The molecule has 0 amide bonds. The molecule has 27 heavy (non-hydrogen) atoms. The molecule has 0 aromatic rings. The number of hydrogen-bond acceptors (Lipinski definition) is 3. The van der Waals surface area contributed by atoms with Gasteiger partial charge in [-0.05, 0) is 84.8 Å². The lowest BCUT2D eigenvalue weighted by molar-refractivity contribution is -0.139. The summed E-state index contributed by atoms with van der Waals surface area (Å²) >= 11 is 0. The summed E-state index contributed by atoms with van der Waals surface area (Å²) in [6, 6.07) is 0. The molecule has 0 spiro atoms. The lowest BCUT2D eigenvalue weighted by Gasteiger charge is -2.57. The molecule has 3 fully saturated rings. The predicted octanol–water partition coefficient (Wildman–Crippen LogP) is 4.96. The van der Waals surface area contributed by atoms with Crippen LogP contribution >= 0.6 is 0 Å². The standard InChI is InChI=1S/C23H31FO3/c1-14(25)27-11-8-19-21(24)13-20-17-5-4-15-12-16(26)6-9-22(15,2)18(17)7-10-23(19,20)3/h8,12,17-18,20-21H,4-7,9-11,13H2,1-3H3/t17-,18+,20+,21-,22+,23-/m1/s1. The summed E-state index contributed by atoms with van der Waals surface area (Å²) in [7, 11) is 0. The van der Waals surface area contributed by atoms with E-state index in [1.165, 1.54) is 12.5 Å². The molecule has 148 valence electrons. The minimum atomic E-state index is -0.924. The maximum Gasteiger partial charge on any atom is 0.302 e. The monoisotopic (exact) mass is 374 g/mol. The van der Waals surface area contributed by atoms with E-state index in [2.05, 4.69) is 13.8 Å². The van der Waals surface area contributed by atoms with E-state index in [0.29, 0.717) is 30.6 Å². The van der Waals surface area contributed by atoms with Crippen molar-refractivity contribution in [3.8, 4) is 0 Å². The lowest BCUT2D eigenvalue weighted by Crippen LogP contribution is -2.49. The number of alkyl halides is 1. The average molecular weight is 374 g/mol. The first-order chi connectivity index (χ1) is 12.8. The number of esters is 1. The van der Waals surface area contributed by atoms with Crippen molar-refractivity contribution in [2.45, 2.75) is 71.9 Å². The quantitative estimate of drug-likeness (QED) is 0.507. The van der Waals surface area contributed by atoms with Crippen LogP contribution in [0.1, 0.15) is 65.7 Å².